The summed E-state index contributed by atoms with van der Waals surface area (Å²) in [5, 5.41) is 7.86. The second-order valence-corrected chi connectivity index (χ2v) is 6.29. The van der Waals surface area contributed by atoms with Gasteiger partial charge in [-0.3, -0.25) is 9.98 Å². The Labute approximate surface area is 160 Å². The molecule has 2 aromatic heterocycles. The molecule has 0 amide bonds. The van der Waals surface area contributed by atoms with Gasteiger partial charge in [-0.25, -0.2) is 0 Å². The topological polar surface area (TPSA) is 74.3 Å². The van der Waals surface area contributed by atoms with E-state index in [2.05, 4.69) is 63.8 Å². The van der Waals surface area contributed by atoms with E-state index in [1.165, 1.54) is 22.0 Å². The molecule has 0 spiro atoms. The van der Waals surface area contributed by atoms with Crippen LogP contribution >= 0.6 is 0 Å². The number of ether oxygens (including phenoxy) is 1. The molecule has 3 aromatic rings. The highest BCUT2D eigenvalue weighted by Gasteiger charge is 2.05. The summed E-state index contributed by atoms with van der Waals surface area (Å²) < 4.78 is 5.65. The van der Waals surface area contributed by atoms with Crippen molar-refractivity contribution in [2.24, 2.45) is 4.99 Å². The molecule has 0 aliphatic rings. The maximum absolute atomic E-state index is 5.65. The zero-order chi connectivity index (χ0) is 18.9. The standard InChI is InChI=1S/C21H27N5O/c1-3-23-21(25-12-13-27-18-7-5-10-22-15-18)24-11-9-17-14-26-20-16(2)6-4-8-19(17)20/h4-8,10,14-15,26H,3,9,11-13H2,1-2H3,(H2,23,24,25). The van der Waals surface area contributed by atoms with Crippen molar-refractivity contribution >= 4 is 16.9 Å². The van der Waals surface area contributed by atoms with Crippen LogP contribution in [0.25, 0.3) is 10.9 Å². The van der Waals surface area contributed by atoms with Gasteiger partial charge >= 0.3 is 0 Å². The Kier molecular flexibility index (Phi) is 6.68. The molecule has 0 saturated carbocycles. The van der Waals surface area contributed by atoms with E-state index in [0.717, 1.165) is 31.2 Å². The van der Waals surface area contributed by atoms with Crippen LogP contribution in [0.3, 0.4) is 0 Å². The summed E-state index contributed by atoms with van der Waals surface area (Å²) in [7, 11) is 0. The van der Waals surface area contributed by atoms with E-state index < -0.39 is 0 Å². The molecule has 6 nitrogen and oxygen atoms in total. The molecule has 0 fully saturated rings. The van der Waals surface area contributed by atoms with Gasteiger partial charge in [0.25, 0.3) is 0 Å². The molecule has 3 N–H and O–H groups in total. The molecule has 142 valence electrons. The lowest BCUT2D eigenvalue weighted by Crippen LogP contribution is -2.39. The normalized spacial score (nSPS) is 11.6. The number of aromatic amines is 1. The number of nitrogens with one attached hydrogen (secondary N) is 3. The zero-order valence-electron chi connectivity index (χ0n) is 16.0. The van der Waals surface area contributed by atoms with Gasteiger partial charge in [0.2, 0.25) is 0 Å². The van der Waals surface area contributed by atoms with Crippen molar-refractivity contribution in [1.82, 2.24) is 20.6 Å². The number of H-pyrrole nitrogens is 1. The predicted molar refractivity (Wildman–Crippen MR) is 110 cm³/mol. The van der Waals surface area contributed by atoms with Gasteiger partial charge in [0, 0.05) is 36.4 Å². The Balaban J connectivity index is 1.50. The number of hydrogen-bond acceptors (Lipinski definition) is 3. The number of guanidine groups is 1. The summed E-state index contributed by atoms with van der Waals surface area (Å²) in [5.41, 5.74) is 3.79. The summed E-state index contributed by atoms with van der Waals surface area (Å²) in [5.74, 6) is 1.58. The summed E-state index contributed by atoms with van der Waals surface area (Å²) in [6.45, 7) is 6.96. The van der Waals surface area contributed by atoms with Crippen LogP contribution in [0.2, 0.25) is 0 Å². The molecule has 0 unspecified atom stereocenters. The van der Waals surface area contributed by atoms with Crippen LogP contribution in [0.4, 0.5) is 0 Å². The second-order valence-electron chi connectivity index (χ2n) is 6.29. The lowest BCUT2D eigenvalue weighted by Gasteiger charge is -2.12. The van der Waals surface area contributed by atoms with Crippen LogP contribution in [0.1, 0.15) is 18.1 Å². The third-order valence-corrected chi connectivity index (χ3v) is 4.30. The Morgan fingerprint density at radius 3 is 2.96 bits per heavy atom. The number of pyridine rings is 1. The van der Waals surface area contributed by atoms with Crippen molar-refractivity contribution in [3.05, 3.63) is 60.0 Å². The third kappa shape index (κ3) is 5.23. The molecule has 0 aliphatic heterocycles. The maximum Gasteiger partial charge on any atom is 0.191 e. The Morgan fingerprint density at radius 2 is 2.15 bits per heavy atom. The van der Waals surface area contributed by atoms with Crippen LogP contribution in [0.15, 0.2) is 53.9 Å². The van der Waals surface area contributed by atoms with E-state index in [0.29, 0.717) is 13.2 Å². The minimum atomic E-state index is 0.553. The summed E-state index contributed by atoms with van der Waals surface area (Å²) in [6, 6.07) is 10.2. The molecule has 0 radical (unpaired) electrons. The molecule has 0 saturated heterocycles. The number of aliphatic imine (C=N–C) groups is 1. The SMILES string of the molecule is CCNC(=NCCc1c[nH]c2c(C)cccc12)NCCOc1cccnc1. The zero-order valence-corrected chi connectivity index (χ0v) is 16.0. The van der Waals surface area contributed by atoms with E-state index in [1.54, 1.807) is 12.4 Å². The van der Waals surface area contributed by atoms with Crippen molar-refractivity contribution in [1.29, 1.82) is 0 Å². The highest BCUT2D eigenvalue weighted by Crippen LogP contribution is 2.21. The number of para-hydroxylation sites is 1. The minimum absolute atomic E-state index is 0.553. The monoisotopic (exact) mass is 365 g/mol. The largest absolute Gasteiger partial charge is 0.490 e. The first-order valence-corrected chi connectivity index (χ1v) is 9.38. The average molecular weight is 365 g/mol. The fourth-order valence-electron chi connectivity index (χ4n) is 2.97. The van der Waals surface area contributed by atoms with Crippen LogP contribution in [-0.4, -0.2) is 42.2 Å². The van der Waals surface area contributed by atoms with Gasteiger partial charge in [0.05, 0.1) is 12.7 Å². The highest BCUT2D eigenvalue weighted by molar-refractivity contribution is 5.86. The Morgan fingerprint density at radius 1 is 1.22 bits per heavy atom. The van der Waals surface area contributed by atoms with Crippen LogP contribution < -0.4 is 15.4 Å². The van der Waals surface area contributed by atoms with E-state index >= 15 is 0 Å². The molecule has 1 aromatic carbocycles. The van der Waals surface area contributed by atoms with Crippen molar-refractivity contribution in [2.45, 2.75) is 20.3 Å². The molecule has 6 heteroatoms. The number of nitrogens with zero attached hydrogens (tertiary/aromatic N) is 2. The van der Waals surface area contributed by atoms with Crippen LogP contribution in [0, 0.1) is 6.92 Å². The van der Waals surface area contributed by atoms with E-state index in [-0.39, 0.29) is 0 Å². The quantitative estimate of drug-likeness (QED) is 0.326. The summed E-state index contributed by atoms with van der Waals surface area (Å²) in [6.07, 6.45) is 6.43. The third-order valence-electron chi connectivity index (χ3n) is 4.30. The first kappa shape index (κ1) is 18.8. The molecule has 0 aliphatic carbocycles. The number of aryl methyl sites for hydroxylation is 1. The van der Waals surface area contributed by atoms with Gasteiger partial charge in [-0.05, 0) is 43.5 Å². The first-order chi connectivity index (χ1) is 13.3. The minimum Gasteiger partial charge on any atom is -0.490 e. The molecular weight excluding hydrogens is 338 g/mol. The Bertz CT molecular complexity index is 873. The maximum atomic E-state index is 5.65. The van der Waals surface area contributed by atoms with E-state index in [9.17, 15) is 0 Å². The van der Waals surface area contributed by atoms with Crippen molar-refractivity contribution < 1.29 is 4.74 Å². The fraction of sp³-hybridized carbons (Fsp3) is 0.333. The van der Waals surface area contributed by atoms with Crippen molar-refractivity contribution in [3.8, 4) is 5.75 Å². The van der Waals surface area contributed by atoms with Gasteiger partial charge in [-0.15, -0.1) is 0 Å². The molecule has 2 heterocycles. The number of hydrogen-bond donors (Lipinski definition) is 3. The predicted octanol–water partition coefficient (Wildman–Crippen LogP) is 3.05. The molecule has 0 bridgehead atoms. The smallest absolute Gasteiger partial charge is 0.191 e. The highest BCUT2D eigenvalue weighted by atomic mass is 16.5. The van der Waals surface area contributed by atoms with Gasteiger partial charge in [-0.2, -0.15) is 0 Å². The molecule has 27 heavy (non-hydrogen) atoms. The van der Waals surface area contributed by atoms with Gasteiger partial charge in [-0.1, -0.05) is 18.2 Å². The van der Waals surface area contributed by atoms with Gasteiger partial charge in [0.1, 0.15) is 12.4 Å². The van der Waals surface area contributed by atoms with Gasteiger partial charge < -0.3 is 20.4 Å². The average Bonchev–Trinajstić information content (AvgIpc) is 3.10. The molecular formula is C21H27N5O. The summed E-state index contributed by atoms with van der Waals surface area (Å²) in [4.78, 5) is 12.1. The number of fused-ring (bicyclic) bond motifs is 1. The lowest BCUT2D eigenvalue weighted by molar-refractivity contribution is 0.320. The van der Waals surface area contributed by atoms with Crippen molar-refractivity contribution in [2.75, 3.05) is 26.2 Å². The Hall–Kier alpha value is -3.02. The van der Waals surface area contributed by atoms with Crippen LogP contribution in [0.5, 0.6) is 5.75 Å². The summed E-state index contributed by atoms with van der Waals surface area (Å²) >= 11 is 0. The number of benzene rings is 1. The lowest BCUT2D eigenvalue weighted by atomic mass is 10.1. The van der Waals surface area contributed by atoms with E-state index in [4.69, 9.17) is 4.74 Å². The number of aromatic nitrogens is 2. The molecule has 3 rings (SSSR count). The van der Waals surface area contributed by atoms with E-state index in [1.807, 2.05) is 12.1 Å². The van der Waals surface area contributed by atoms with Gasteiger partial charge in [0.15, 0.2) is 5.96 Å². The van der Waals surface area contributed by atoms with Crippen molar-refractivity contribution in [3.63, 3.8) is 0 Å². The first-order valence-electron chi connectivity index (χ1n) is 9.38. The second kappa shape index (κ2) is 9.62. The fourth-order valence-corrected chi connectivity index (χ4v) is 2.97. The molecule has 0 atom stereocenters. The van der Waals surface area contributed by atoms with Crippen LogP contribution in [-0.2, 0) is 6.42 Å². The number of rotatable bonds is 8.